The summed E-state index contributed by atoms with van der Waals surface area (Å²) in [4.78, 5) is 26.1. The molecule has 0 unspecified atom stereocenters. The van der Waals surface area contributed by atoms with Crippen molar-refractivity contribution in [2.24, 2.45) is 0 Å². The zero-order valence-electron chi connectivity index (χ0n) is 13.5. The van der Waals surface area contributed by atoms with E-state index in [0.717, 1.165) is 18.5 Å². The van der Waals surface area contributed by atoms with Gasteiger partial charge >= 0.3 is 6.03 Å². The Morgan fingerprint density at radius 1 is 0.957 bits per heavy atom. The van der Waals surface area contributed by atoms with Gasteiger partial charge in [-0.25, -0.2) is 4.79 Å². The Bertz CT molecular complexity index is 538. The third kappa shape index (κ3) is 4.24. The van der Waals surface area contributed by atoms with E-state index in [2.05, 4.69) is 10.6 Å². The molecule has 5 nitrogen and oxygen atoms in total. The predicted molar refractivity (Wildman–Crippen MR) is 90.4 cm³/mol. The molecular weight excluding hydrogens is 290 g/mol. The van der Waals surface area contributed by atoms with Gasteiger partial charge in [-0.3, -0.25) is 4.79 Å². The minimum atomic E-state index is -0.135. The number of carbonyl (C=O) groups is 2. The van der Waals surface area contributed by atoms with Gasteiger partial charge in [-0.05, 0) is 25.0 Å². The fraction of sp³-hybridized carbons (Fsp3) is 0.556. The van der Waals surface area contributed by atoms with Crippen LogP contribution in [0.15, 0.2) is 30.3 Å². The van der Waals surface area contributed by atoms with E-state index in [1.54, 1.807) is 4.90 Å². The van der Waals surface area contributed by atoms with Crippen LogP contribution in [0.1, 0.15) is 44.9 Å². The number of carbonyl (C=O) groups excluding carboxylic acids is 2. The molecular formula is C18H25N3O2. The summed E-state index contributed by atoms with van der Waals surface area (Å²) in [5.74, 6) is 0.0657. The van der Waals surface area contributed by atoms with Crippen molar-refractivity contribution in [3.63, 3.8) is 0 Å². The lowest BCUT2D eigenvalue weighted by Crippen LogP contribution is -2.47. The molecule has 1 aromatic carbocycles. The van der Waals surface area contributed by atoms with E-state index in [1.807, 2.05) is 30.3 Å². The Kier molecular flexibility index (Phi) is 5.16. The van der Waals surface area contributed by atoms with Crippen molar-refractivity contribution in [3.05, 3.63) is 30.3 Å². The molecule has 3 amide bonds. The fourth-order valence-corrected chi connectivity index (χ4v) is 3.50. The number of rotatable bonds is 3. The summed E-state index contributed by atoms with van der Waals surface area (Å²) in [5, 5.41) is 6.04. The summed E-state index contributed by atoms with van der Waals surface area (Å²) < 4.78 is 0. The maximum Gasteiger partial charge on any atom is 0.315 e. The van der Waals surface area contributed by atoms with E-state index in [4.69, 9.17) is 0 Å². The van der Waals surface area contributed by atoms with E-state index in [-0.39, 0.29) is 24.0 Å². The van der Waals surface area contributed by atoms with Gasteiger partial charge in [0, 0.05) is 24.7 Å². The van der Waals surface area contributed by atoms with Crippen LogP contribution in [0.25, 0.3) is 0 Å². The van der Waals surface area contributed by atoms with Crippen LogP contribution in [0, 0.1) is 0 Å². The zero-order chi connectivity index (χ0) is 16.1. The SMILES string of the molecule is O=C(NC1CCCCCC1)N[C@H]1CC(=O)N(c2ccccc2)C1. The molecule has 0 radical (unpaired) electrons. The van der Waals surface area contributed by atoms with Gasteiger partial charge in [0.1, 0.15) is 0 Å². The third-order valence-electron chi connectivity index (χ3n) is 4.72. The van der Waals surface area contributed by atoms with Gasteiger partial charge < -0.3 is 15.5 Å². The maximum absolute atomic E-state index is 12.2. The second-order valence-corrected chi connectivity index (χ2v) is 6.55. The molecule has 1 aliphatic heterocycles. The first-order chi connectivity index (χ1) is 11.2. The average Bonchev–Trinajstić information content (AvgIpc) is 2.74. The standard InChI is InChI=1S/C18H25N3O2/c22-17-12-15(13-21(17)16-10-6-3-7-11-16)20-18(23)19-14-8-4-1-2-5-9-14/h3,6-7,10-11,14-15H,1-2,4-5,8-9,12-13H2,(H2,19,20,23)/t15-/m0/s1. The van der Waals surface area contributed by atoms with Gasteiger partial charge in [-0.1, -0.05) is 43.9 Å². The summed E-state index contributed by atoms with van der Waals surface area (Å²) in [6.07, 6.45) is 7.41. The van der Waals surface area contributed by atoms with Crippen molar-refractivity contribution in [1.29, 1.82) is 0 Å². The van der Waals surface area contributed by atoms with Gasteiger partial charge in [0.25, 0.3) is 0 Å². The Labute approximate surface area is 137 Å². The van der Waals surface area contributed by atoms with Crippen molar-refractivity contribution < 1.29 is 9.59 Å². The quantitative estimate of drug-likeness (QED) is 0.843. The summed E-state index contributed by atoms with van der Waals surface area (Å²) >= 11 is 0. The molecule has 1 aliphatic carbocycles. The van der Waals surface area contributed by atoms with Crippen LogP contribution in [0.5, 0.6) is 0 Å². The average molecular weight is 315 g/mol. The van der Waals surface area contributed by atoms with Crippen molar-refractivity contribution in [2.75, 3.05) is 11.4 Å². The van der Waals surface area contributed by atoms with Crippen LogP contribution in [0.3, 0.4) is 0 Å². The van der Waals surface area contributed by atoms with Crippen LogP contribution >= 0.6 is 0 Å². The van der Waals surface area contributed by atoms with Crippen molar-refractivity contribution >= 4 is 17.6 Å². The number of nitrogens with one attached hydrogen (secondary N) is 2. The molecule has 2 N–H and O–H groups in total. The molecule has 0 aromatic heterocycles. The van der Waals surface area contributed by atoms with Crippen molar-refractivity contribution in [1.82, 2.24) is 10.6 Å². The van der Waals surface area contributed by atoms with E-state index in [0.29, 0.717) is 13.0 Å². The number of amides is 3. The molecule has 5 heteroatoms. The lowest BCUT2D eigenvalue weighted by Gasteiger charge is -2.20. The third-order valence-corrected chi connectivity index (χ3v) is 4.72. The van der Waals surface area contributed by atoms with Crippen LogP contribution in [0.4, 0.5) is 10.5 Å². The number of anilines is 1. The lowest BCUT2D eigenvalue weighted by molar-refractivity contribution is -0.117. The van der Waals surface area contributed by atoms with E-state index in [1.165, 1.54) is 25.7 Å². The zero-order valence-corrected chi connectivity index (χ0v) is 13.5. The fourth-order valence-electron chi connectivity index (χ4n) is 3.50. The molecule has 1 saturated carbocycles. The number of benzene rings is 1. The molecule has 1 heterocycles. The highest BCUT2D eigenvalue weighted by molar-refractivity contribution is 5.96. The molecule has 1 atom stereocenters. The highest BCUT2D eigenvalue weighted by atomic mass is 16.2. The number of urea groups is 1. The van der Waals surface area contributed by atoms with E-state index in [9.17, 15) is 9.59 Å². The molecule has 1 aromatic rings. The first-order valence-corrected chi connectivity index (χ1v) is 8.65. The van der Waals surface area contributed by atoms with Gasteiger partial charge in [-0.15, -0.1) is 0 Å². The normalized spacial score (nSPS) is 22.7. The van der Waals surface area contributed by atoms with Crippen LogP contribution in [-0.2, 0) is 4.79 Å². The minimum absolute atomic E-state index is 0.0657. The summed E-state index contributed by atoms with van der Waals surface area (Å²) in [6, 6.07) is 9.64. The van der Waals surface area contributed by atoms with E-state index < -0.39 is 0 Å². The molecule has 3 rings (SSSR count). The highest BCUT2D eigenvalue weighted by Gasteiger charge is 2.31. The highest BCUT2D eigenvalue weighted by Crippen LogP contribution is 2.21. The molecule has 1 saturated heterocycles. The molecule has 23 heavy (non-hydrogen) atoms. The number of nitrogens with zero attached hydrogens (tertiary/aromatic N) is 1. The Hall–Kier alpha value is -2.04. The number of para-hydroxylation sites is 1. The van der Waals surface area contributed by atoms with Crippen LogP contribution in [-0.4, -0.2) is 30.6 Å². The largest absolute Gasteiger partial charge is 0.335 e. The van der Waals surface area contributed by atoms with E-state index >= 15 is 0 Å². The van der Waals surface area contributed by atoms with Gasteiger partial charge in [-0.2, -0.15) is 0 Å². The Morgan fingerprint density at radius 3 is 2.30 bits per heavy atom. The molecule has 124 valence electrons. The molecule has 2 aliphatic rings. The van der Waals surface area contributed by atoms with Gasteiger partial charge in [0.15, 0.2) is 0 Å². The first-order valence-electron chi connectivity index (χ1n) is 8.65. The second kappa shape index (κ2) is 7.49. The maximum atomic E-state index is 12.2. The number of hydrogen-bond donors (Lipinski definition) is 2. The van der Waals surface area contributed by atoms with Crippen LogP contribution in [0.2, 0.25) is 0 Å². The second-order valence-electron chi connectivity index (χ2n) is 6.55. The smallest absolute Gasteiger partial charge is 0.315 e. The van der Waals surface area contributed by atoms with Crippen molar-refractivity contribution in [2.45, 2.75) is 57.0 Å². The van der Waals surface area contributed by atoms with Crippen molar-refractivity contribution in [3.8, 4) is 0 Å². The number of hydrogen-bond acceptors (Lipinski definition) is 2. The topological polar surface area (TPSA) is 61.4 Å². The molecule has 2 fully saturated rings. The van der Waals surface area contributed by atoms with Crippen LogP contribution < -0.4 is 15.5 Å². The predicted octanol–water partition coefficient (Wildman–Crippen LogP) is 2.81. The molecule has 0 spiro atoms. The Balaban J connectivity index is 1.50. The monoisotopic (exact) mass is 315 g/mol. The first kappa shape index (κ1) is 15.8. The summed E-state index contributed by atoms with van der Waals surface area (Å²) in [5.41, 5.74) is 0.894. The van der Waals surface area contributed by atoms with Gasteiger partial charge in [0.2, 0.25) is 5.91 Å². The summed E-state index contributed by atoms with van der Waals surface area (Å²) in [7, 11) is 0. The molecule has 0 bridgehead atoms. The minimum Gasteiger partial charge on any atom is -0.335 e. The lowest BCUT2D eigenvalue weighted by atomic mass is 10.1. The van der Waals surface area contributed by atoms with Gasteiger partial charge in [0.05, 0.1) is 6.04 Å². The Morgan fingerprint density at radius 2 is 1.61 bits per heavy atom. The summed E-state index contributed by atoms with van der Waals surface area (Å²) in [6.45, 7) is 0.543.